The molecule has 146 valence electrons. The van der Waals surface area contributed by atoms with E-state index in [2.05, 4.69) is 22.3 Å². The predicted octanol–water partition coefficient (Wildman–Crippen LogP) is 4.36. The Morgan fingerprint density at radius 2 is 1.89 bits per heavy atom. The molecule has 3 aromatic rings. The van der Waals surface area contributed by atoms with Crippen LogP contribution >= 0.6 is 11.8 Å². The van der Waals surface area contributed by atoms with Crippen molar-refractivity contribution in [2.24, 2.45) is 5.92 Å². The third kappa shape index (κ3) is 5.60. The van der Waals surface area contributed by atoms with Gasteiger partial charge < -0.3 is 14.0 Å². The van der Waals surface area contributed by atoms with Crippen LogP contribution in [-0.4, -0.2) is 29.0 Å². The van der Waals surface area contributed by atoms with Gasteiger partial charge in [-0.1, -0.05) is 42.4 Å². The van der Waals surface area contributed by atoms with Crippen LogP contribution in [0.2, 0.25) is 0 Å². The maximum Gasteiger partial charge on any atom is 0.309 e. The van der Waals surface area contributed by atoms with Crippen molar-refractivity contribution in [2.75, 3.05) is 12.9 Å². The minimum Gasteiger partial charge on any atom is -0.497 e. The molecule has 6 nitrogen and oxygen atoms in total. The van der Waals surface area contributed by atoms with Gasteiger partial charge in [0.15, 0.2) is 6.61 Å². The molecule has 0 saturated heterocycles. The zero-order chi connectivity index (χ0) is 19.8. The summed E-state index contributed by atoms with van der Waals surface area (Å²) in [6.45, 7) is 1.85. The van der Waals surface area contributed by atoms with E-state index in [1.807, 2.05) is 49.4 Å². The van der Waals surface area contributed by atoms with Crippen LogP contribution in [-0.2, 0) is 21.9 Å². The Bertz CT molecular complexity index is 881. The van der Waals surface area contributed by atoms with Crippen molar-refractivity contribution in [3.05, 3.63) is 66.0 Å². The number of hydrogen-bond acceptors (Lipinski definition) is 7. The average Bonchev–Trinajstić information content (AvgIpc) is 3.22. The van der Waals surface area contributed by atoms with Gasteiger partial charge in [0.05, 0.1) is 13.0 Å². The molecule has 2 aromatic carbocycles. The summed E-state index contributed by atoms with van der Waals surface area (Å²) in [6, 6.07) is 17.5. The van der Waals surface area contributed by atoms with Crippen molar-refractivity contribution in [1.29, 1.82) is 0 Å². The molecule has 0 fully saturated rings. The molecule has 1 atom stereocenters. The molecule has 7 heteroatoms. The fraction of sp³-hybridized carbons (Fsp3) is 0.286. The molecule has 0 radical (unpaired) electrons. The smallest absolute Gasteiger partial charge is 0.309 e. The molecule has 0 N–H and O–H groups in total. The number of thioether (sulfide) groups is 1. The highest BCUT2D eigenvalue weighted by Gasteiger charge is 2.17. The average molecular weight is 398 g/mol. The Morgan fingerprint density at radius 1 is 1.14 bits per heavy atom. The third-order valence-corrected chi connectivity index (χ3v) is 5.30. The van der Waals surface area contributed by atoms with Gasteiger partial charge in [-0.05, 0) is 29.8 Å². The first-order valence-electron chi connectivity index (χ1n) is 8.91. The Hall–Kier alpha value is -2.80. The first-order valence-corrected chi connectivity index (χ1v) is 10.1. The molecule has 28 heavy (non-hydrogen) atoms. The third-order valence-electron chi connectivity index (χ3n) is 4.03. The van der Waals surface area contributed by atoms with Gasteiger partial charge in [0.25, 0.3) is 5.89 Å². The van der Waals surface area contributed by atoms with E-state index in [-0.39, 0.29) is 18.5 Å². The molecule has 0 aliphatic rings. The number of methoxy groups -OCH3 is 1. The van der Waals surface area contributed by atoms with Gasteiger partial charge >= 0.3 is 5.97 Å². The van der Waals surface area contributed by atoms with Crippen molar-refractivity contribution >= 4 is 17.7 Å². The van der Waals surface area contributed by atoms with E-state index in [4.69, 9.17) is 14.0 Å². The van der Waals surface area contributed by atoms with Gasteiger partial charge in [-0.15, -0.1) is 0 Å². The molecule has 0 amide bonds. The van der Waals surface area contributed by atoms with Crippen LogP contribution < -0.4 is 4.74 Å². The molecule has 0 spiro atoms. The van der Waals surface area contributed by atoms with Crippen LogP contribution in [0.4, 0.5) is 0 Å². The molecule has 0 saturated carbocycles. The lowest BCUT2D eigenvalue weighted by Gasteiger charge is -2.10. The summed E-state index contributed by atoms with van der Waals surface area (Å²) in [5, 5.41) is 3.87. The zero-order valence-corrected chi connectivity index (χ0v) is 16.6. The van der Waals surface area contributed by atoms with Gasteiger partial charge in [-0.25, -0.2) is 0 Å². The SMILES string of the molecule is COc1ccc(-c2nc(COC(=O)[C@H](C)CSCc3ccccc3)no2)cc1. The summed E-state index contributed by atoms with van der Waals surface area (Å²) < 4.78 is 15.7. The summed E-state index contributed by atoms with van der Waals surface area (Å²) in [5.74, 6) is 2.55. The lowest BCUT2D eigenvalue weighted by molar-refractivity contribution is -0.148. The highest BCUT2D eigenvalue weighted by Crippen LogP contribution is 2.21. The number of carbonyl (C=O) groups excluding carboxylic acids is 1. The lowest BCUT2D eigenvalue weighted by atomic mass is 10.2. The van der Waals surface area contributed by atoms with E-state index < -0.39 is 0 Å². The number of aromatic nitrogens is 2. The summed E-state index contributed by atoms with van der Waals surface area (Å²) in [7, 11) is 1.61. The standard InChI is InChI=1S/C21H22N2O4S/c1-15(13-28-14-16-6-4-3-5-7-16)21(24)26-12-19-22-20(27-23-19)17-8-10-18(25-2)11-9-17/h3-11,15H,12-14H2,1-2H3/t15-/m1/s1. The Balaban J connectivity index is 1.44. The van der Waals surface area contributed by atoms with Crippen molar-refractivity contribution in [2.45, 2.75) is 19.3 Å². The van der Waals surface area contributed by atoms with Crippen LogP contribution in [0, 0.1) is 5.92 Å². The molecule has 0 bridgehead atoms. The molecule has 0 unspecified atom stereocenters. The van der Waals surface area contributed by atoms with Crippen molar-refractivity contribution in [1.82, 2.24) is 10.1 Å². The molecule has 1 aromatic heterocycles. The van der Waals surface area contributed by atoms with Gasteiger partial charge in [-0.3, -0.25) is 4.79 Å². The molecular weight excluding hydrogens is 376 g/mol. The minimum absolute atomic E-state index is 0.00776. The normalized spacial score (nSPS) is 11.8. The van der Waals surface area contributed by atoms with Crippen LogP contribution in [0.25, 0.3) is 11.5 Å². The number of ether oxygens (including phenoxy) is 2. The summed E-state index contributed by atoms with van der Waals surface area (Å²) in [6.07, 6.45) is 0. The number of hydrogen-bond donors (Lipinski definition) is 0. The van der Waals surface area contributed by atoms with Crippen LogP contribution in [0.5, 0.6) is 5.75 Å². The molecule has 3 rings (SSSR count). The van der Waals surface area contributed by atoms with E-state index in [1.165, 1.54) is 5.56 Å². The number of benzene rings is 2. The fourth-order valence-electron chi connectivity index (χ4n) is 2.44. The quantitative estimate of drug-likeness (QED) is 0.496. The minimum atomic E-state index is -0.267. The Labute approximate surface area is 168 Å². The Kier molecular flexibility index (Phi) is 7.08. The topological polar surface area (TPSA) is 74.5 Å². The molecule has 0 aliphatic heterocycles. The van der Waals surface area contributed by atoms with Crippen molar-refractivity contribution in [3.63, 3.8) is 0 Å². The second-order valence-electron chi connectivity index (χ2n) is 6.25. The number of esters is 1. The second kappa shape index (κ2) is 9.94. The van der Waals surface area contributed by atoms with Gasteiger partial charge in [-0.2, -0.15) is 16.7 Å². The fourth-order valence-corrected chi connectivity index (χ4v) is 3.47. The van der Waals surface area contributed by atoms with E-state index in [0.29, 0.717) is 17.5 Å². The first kappa shape index (κ1) is 19.9. The van der Waals surface area contributed by atoms with Crippen molar-refractivity contribution < 1.29 is 18.8 Å². The molecule has 1 heterocycles. The maximum absolute atomic E-state index is 12.2. The lowest BCUT2D eigenvalue weighted by Crippen LogP contribution is -2.17. The van der Waals surface area contributed by atoms with E-state index in [9.17, 15) is 4.79 Å². The summed E-state index contributed by atoms with van der Waals surface area (Å²) in [5.41, 5.74) is 2.02. The summed E-state index contributed by atoms with van der Waals surface area (Å²) in [4.78, 5) is 16.4. The number of carbonyl (C=O) groups is 1. The van der Waals surface area contributed by atoms with E-state index in [0.717, 1.165) is 17.1 Å². The number of nitrogens with zero attached hydrogens (tertiary/aromatic N) is 2. The monoisotopic (exact) mass is 398 g/mol. The highest BCUT2D eigenvalue weighted by atomic mass is 32.2. The summed E-state index contributed by atoms with van der Waals surface area (Å²) >= 11 is 1.71. The van der Waals surface area contributed by atoms with E-state index >= 15 is 0 Å². The zero-order valence-electron chi connectivity index (χ0n) is 15.8. The van der Waals surface area contributed by atoms with Gasteiger partial charge in [0.1, 0.15) is 5.75 Å². The van der Waals surface area contributed by atoms with Crippen LogP contribution in [0.15, 0.2) is 59.1 Å². The first-order chi connectivity index (χ1) is 13.7. The predicted molar refractivity (Wildman–Crippen MR) is 108 cm³/mol. The molecule has 0 aliphatic carbocycles. The largest absolute Gasteiger partial charge is 0.497 e. The van der Waals surface area contributed by atoms with Gasteiger partial charge in [0.2, 0.25) is 5.82 Å². The van der Waals surface area contributed by atoms with Crippen LogP contribution in [0.1, 0.15) is 18.3 Å². The van der Waals surface area contributed by atoms with Gasteiger partial charge in [0, 0.05) is 17.1 Å². The maximum atomic E-state index is 12.2. The number of rotatable bonds is 9. The second-order valence-corrected chi connectivity index (χ2v) is 7.28. The van der Waals surface area contributed by atoms with E-state index in [1.54, 1.807) is 18.9 Å². The van der Waals surface area contributed by atoms with Crippen molar-refractivity contribution in [3.8, 4) is 17.2 Å². The highest BCUT2D eigenvalue weighted by molar-refractivity contribution is 7.98. The van der Waals surface area contributed by atoms with Crippen LogP contribution in [0.3, 0.4) is 0 Å². The molecular formula is C21H22N2O4S. The Morgan fingerprint density at radius 3 is 2.61 bits per heavy atom.